The van der Waals surface area contributed by atoms with Crippen LogP contribution < -0.4 is 21.7 Å². The predicted molar refractivity (Wildman–Crippen MR) is 85.2 cm³/mol. The smallest absolute Gasteiger partial charge is 0.253 e. The maximum Gasteiger partial charge on any atom is 0.253 e. The lowest BCUT2D eigenvalue weighted by Crippen LogP contribution is -2.36. The van der Waals surface area contributed by atoms with E-state index in [0.29, 0.717) is 30.0 Å². The van der Waals surface area contributed by atoms with E-state index in [0.717, 1.165) is 12.8 Å². The van der Waals surface area contributed by atoms with E-state index in [1.54, 1.807) is 18.2 Å². The van der Waals surface area contributed by atoms with Crippen molar-refractivity contribution in [3.05, 3.63) is 23.8 Å². The van der Waals surface area contributed by atoms with Crippen molar-refractivity contribution < 1.29 is 9.59 Å². The van der Waals surface area contributed by atoms with Crippen molar-refractivity contribution >= 4 is 23.2 Å². The van der Waals surface area contributed by atoms with E-state index in [2.05, 4.69) is 12.2 Å². The average molecular weight is 292 g/mol. The Morgan fingerprint density at radius 2 is 2.00 bits per heavy atom. The molecule has 0 fully saturated rings. The van der Waals surface area contributed by atoms with E-state index < -0.39 is 5.91 Å². The van der Waals surface area contributed by atoms with Crippen molar-refractivity contribution in [1.29, 1.82) is 0 Å². The Hall–Kier alpha value is -2.24. The molecule has 5 N–H and O–H groups in total. The minimum absolute atomic E-state index is 0.0653. The summed E-state index contributed by atoms with van der Waals surface area (Å²) in [6.07, 6.45) is 1.88. The summed E-state index contributed by atoms with van der Waals surface area (Å²) in [6.45, 7) is 5.16. The molecule has 1 rings (SSSR count). The zero-order chi connectivity index (χ0) is 15.8. The number of hydrogen-bond donors (Lipinski definition) is 3. The van der Waals surface area contributed by atoms with Crippen LogP contribution in [0.15, 0.2) is 18.2 Å². The van der Waals surface area contributed by atoms with Gasteiger partial charge in [0.15, 0.2) is 0 Å². The topological polar surface area (TPSA) is 101 Å². The molecule has 21 heavy (non-hydrogen) atoms. The first-order valence-corrected chi connectivity index (χ1v) is 7.20. The first-order chi connectivity index (χ1) is 9.99. The number of anilines is 2. The van der Waals surface area contributed by atoms with Gasteiger partial charge >= 0.3 is 0 Å². The second-order valence-electron chi connectivity index (χ2n) is 4.88. The van der Waals surface area contributed by atoms with Crippen LogP contribution >= 0.6 is 0 Å². The summed E-state index contributed by atoms with van der Waals surface area (Å²) in [7, 11) is 0. The molecule has 0 bridgehead atoms. The molecule has 0 aliphatic heterocycles. The van der Waals surface area contributed by atoms with Crippen molar-refractivity contribution in [3.8, 4) is 0 Å². The first-order valence-electron chi connectivity index (χ1n) is 7.20. The molecule has 6 heteroatoms. The number of nitrogens with zero attached hydrogens (tertiary/aromatic N) is 1. The van der Waals surface area contributed by atoms with Gasteiger partial charge in [-0.15, -0.1) is 0 Å². The highest BCUT2D eigenvalue weighted by Crippen LogP contribution is 2.24. The summed E-state index contributed by atoms with van der Waals surface area (Å²) >= 11 is 0. The minimum atomic E-state index is -0.435. The number of nitrogens with two attached hydrogens (primary N) is 2. The van der Waals surface area contributed by atoms with Gasteiger partial charge in [0.25, 0.3) is 5.91 Å². The molecule has 0 spiro atoms. The van der Waals surface area contributed by atoms with Crippen LogP contribution in [-0.2, 0) is 4.79 Å². The normalized spacial score (nSPS) is 10.2. The van der Waals surface area contributed by atoms with Crippen LogP contribution in [0.3, 0.4) is 0 Å². The van der Waals surface area contributed by atoms with Crippen LogP contribution in [-0.4, -0.2) is 31.4 Å². The van der Waals surface area contributed by atoms with Gasteiger partial charge in [-0.25, -0.2) is 0 Å². The lowest BCUT2D eigenvalue weighted by Gasteiger charge is -2.25. The number of primary amides is 1. The zero-order valence-electron chi connectivity index (χ0n) is 12.7. The molecule has 116 valence electrons. The number of unbranched alkanes of at least 4 members (excludes halogenated alkanes) is 1. The van der Waals surface area contributed by atoms with E-state index in [4.69, 9.17) is 11.5 Å². The molecule has 0 aromatic heterocycles. The van der Waals surface area contributed by atoms with E-state index in [-0.39, 0.29) is 12.5 Å². The number of rotatable bonds is 8. The summed E-state index contributed by atoms with van der Waals surface area (Å²) in [4.78, 5) is 25.2. The molecule has 0 saturated carbocycles. The van der Waals surface area contributed by atoms with Crippen molar-refractivity contribution in [3.63, 3.8) is 0 Å². The number of hydrogen-bond acceptors (Lipinski definition) is 4. The lowest BCUT2D eigenvalue weighted by molar-refractivity contribution is -0.116. The second kappa shape index (κ2) is 8.14. The van der Waals surface area contributed by atoms with Crippen molar-refractivity contribution in [1.82, 2.24) is 5.32 Å². The van der Waals surface area contributed by atoms with Crippen molar-refractivity contribution in [2.45, 2.75) is 26.7 Å². The maximum atomic E-state index is 12.1. The molecular formula is C15H24N4O2. The van der Waals surface area contributed by atoms with Gasteiger partial charge in [-0.3, -0.25) is 9.59 Å². The van der Waals surface area contributed by atoms with Crippen LogP contribution in [0.2, 0.25) is 0 Å². The van der Waals surface area contributed by atoms with E-state index in [1.807, 2.05) is 11.8 Å². The Morgan fingerprint density at radius 3 is 2.57 bits per heavy atom. The largest absolute Gasteiger partial charge is 0.399 e. The van der Waals surface area contributed by atoms with Gasteiger partial charge in [-0.05, 0) is 31.5 Å². The first kappa shape index (κ1) is 16.8. The van der Waals surface area contributed by atoms with Gasteiger partial charge in [0.2, 0.25) is 5.91 Å². The van der Waals surface area contributed by atoms with E-state index in [1.165, 1.54) is 0 Å². The number of nitrogens with one attached hydrogen (secondary N) is 1. The third-order valence-corrected chi connectivity index (χ3v) is 3.07. The van der Waals surface area contributed by atoms with Gasteiger partial charge in [-0.2, -0.15) is 0 Å². The number of carbonyl (C=O) groups is 2. The molecule has 6 nitrogen and oxygen atoms in total. The summed E-state index contributed by atoms with van der Waals surface area (Å²) < 4.78 is 0. The van der Waals surface area contributed by atoms with Gasteiger partial charge in [-0.1, -0.05) is 13.3 Å². The third-order valence-electron chi connectivity index (χ3n) is 3.07. The Labute approximate surface area is 125 Å². The van der Waals surface area contributed by atoms with Crippen molar-refractivity contribution in [2.75, 3.05) is 30.3 Å². The van der Waals surface area contributed by atoms with Gasteiger partial charge in [0, 0.05) is 18.8 Å². The molecule has 0 atom stereocenters. The molecule has 1 aromatic carbocycles. The fourth-order valence-electron chi connectivity index (χ4n) is 2.08. The highest BCUT2D eigenvalue weighted by atomic mass is 16.2. The molecule has 1 aromatic rings. The molecule has 0 aliphatic carbocycles. The SMILES string of the molecule is CCCCN(CC(N)=O)c1cc(N)ccc1C(=O)NCC. The Bertz CT molecular complexity index is 502. The maximum absolute atomic E-state index is 12.1. The molecule has 0 saturated heterocycles. The highest BCUT2D eigenvalue weighted by Gasteiger charge is 2.17. The highest BCUT2D eigenvalue weighted by molar-refractivity contribution is 6.01. The fourth-order valence-corrected chi connectivity index (χ4v) is 2.08. The Balaban J connectivity index is 3.16. The molecule has 0 aliphatic rings. The quantitative estimate of drug-likeness (QED) is 0.625. The summed E-state index contributed by atoms with van der Waals surface area (Å²) in [5, 5.41) is 2.76. The Morgan fingerprint density at radius 1 is 1.29 bits per heavy atom. The molecular weight excluding hydrogens is 268 g/mol. The van der Waals surface area contributed by atoms with Crippen molar-refractivity contribution in [2.24, 2.45) is 5.73 Å². The van der Waals surface area contributed by atoms with Crippen LogP contribution in [0.4, 0.5) is 11.4 Å². The average Bonchev–Trinajstić information content (AvgIpc) is 2.43. The van der Waals surface area contributed by atoms with E-state index >= 15 is 0 Å². The van der Waals surface area contributed by atoms with E-state index in [9.17, 15) is 9.59 Å². The molecule has 0 radical (unpaired) electrons. The Kier molecular flexibility index (Phi) is 6.52. The summed E-state index contributed by atoms with van der Waals surface area (Å²) in [5.41, 5.74) is 12.8. The number of carbonyl (C=O) groups excluding carboxylic acids is 2. The monoisotopic (exact) mass is 292 g/mol. The van der Waals surface area contributed by atoms with Crippen LogP contribution in [0.25, 0.3) is 0 Å². The second-order valence-corrected chi connectivity index (χ2v) is 4.88. The number of amides is 2. The number of benzene rings is 1. The van der Waals surface area contributed by atoms with Crippen LogP contribution in [0.1, 0.15) is 37.0 Å². The third kappa shape index (κ3) is 4.98. The standard InChI is InChI=1S/C15H24N4O2/c1-3-5-8-19(10-14(17)20)13-9-11(16)6-7-12(13)15(21)18-4-2/h6-7,9H,3-5,8,10,16H2,1-2H3,(H2,17,20)(H,18,21). The summed E-state index contributed by atoms with van der Waals surface area (Å²) in [6, 6.07) is 5.06. The molecule has 0 heterocycles. The van der Waals surface area contributed by atoms with Crippen LogP contribution in [0, 0.1) is 0 Å². The van der Waals surface area contributed by atoms with Gasteiger partial charge in [0.1, 0.15) is 0 Å². The predicted octanol–water partition coefficient (Wildman–Crippen LogP) is 1.11. The van der Waals surface area contributed by atoms with Gasteiger partial charge in [0.05, 0.1) is 17.8 Å². The van der Waals surface area contributed by atoms with Gasteiger partial charge < -0.3 is 21.7 Å². The fraction of sp³-hybridized carbons (Fsp3) is 0.467. The zero-order valence-corrected chi connectivity index (χ0v) is 12.7. The summed E-state index contributed by atoms with van der Waals surface area (Å²) in [5.74, 6) is -0.617. The van der Waals surface area contributed by atoms with Crippen LogP contribution in [0.5, 0.6) is 0 Å². The number of nitrogen functional groups attached to an aromatic ring is 1. The molecule has 2 amide bonds. The minimum Gasteiger partial charge on any atom is -0.399 e. The lowest BCUT2D eigenvalue weighted by atomic mass is 10.1. The molecule has 0 unspecified atom stereocenters.